The van der Waals surface area contributed by atoms with Crippen LogP contribution in [0.5, 0.6) is 0 Å². The topological polar surface area (TPSA) is 62.1 Å². The lowest BCUT2D eigenvalue weighted by Crippen LogP contribution is -2.31. The van der Waals surface area contributed by atoms with E-state index in [-0.39, 0.29) is 23.3 Å². The Kier molecular flexibility index (Phi) is 6.60. The minimum absolute atomic E-state index is 0.0944. The molecule has 0 amide bonds. The Morgan fingerprint density at radius 2 is 1.88 bits per heavy atom. The number of carbonyl (C=O) groups excluding carboxylic acids is 1. The fraction of sp³-hybridized carbons (Fsp3) is 0.217. The van der Waals surface area contributed by atoms with Crippen LogP contribution in [0.3, 0.4) is 0 Å². The first-order valence-electron chi connectivity index (χ1n) is 9.37. The molecule has 1 unspecified atom stereocenters. The quantitative estimate of drug-likeness (QED) is 0.469. The lowest BCUT2D eigenvalue weighted by Gasteiger charge is -2.31. The predicted octanol–water partition coefficient (Wildman–Crippen LogP) is 5.65. The van der Waals surface area contributed by atoms with E-state index in [4.69, 9.17) is 16.3 Å². The molecule has 1 aliphatic heterocycles. The number of benzene rings is 2. The smallest absolute Gasteiger partial charge is 0.416 e. The molecule has 0 radical (unpaired) electrons. The van der Waals surface area contributed by atoms with Crippen molar-refractivity contribution in [1.82, 2.24) is 5.32 Å². The molecule has 0 fully saturated rings. The SMILES string of the molecule is COC(=O)C1=C(C)NC(Cc2ccc(Cl)cc2)=C(C#N)C1c1ccc(F)cc1C(F)(F)F. The number of nitrogens with one attached hydrogen (secondary N) is 1. The Hall–Kier alpha value is -3.31. The lowest BCUT2D eigenvalue weighted by molar-refractivity contribution is -0.139. The second-order valence-electron chi connectivity index (χ2n) is 7.12. The van der Waals surface area contributed by atoms with Gasteiger partial charge in [-0.2, -0.15) is 18.4 Å². The van der Waals surface area contributed by atoms with E-state index < -0.39 is 35.0 Å². The molecule has 1 N–H and O–H groups in total. The van der Waals surface area contributed by atoms with Crippen molar-refractivity contribution in [3.8, 4) is 6.07 Å². The van der Waals surface area contributed by atoms with Gasteiger partial charge >= 0.3 is 12.1 Å². The fourth-order valence-electron chi connectivity index (χ4n) is 3.69. The van der Waals surface area contributed by atoms with E-state index in [0.717, 1.165) is 24.8 Å². The zero-order valence-electron chi connectivity index (χ0n) is 17.0. The fourth-order valence-corrected chi connectivity index (χ4v) is 3.82. The van der Waals surface area contributed by atoms with Crippen molar-refractivity contribution < 1.29 is 27.1 Å². The summed E-state index contributed by atoms with van der Waals surface area (Å²) in [6.07, 6.45) is -4.74. The zero-order valence-corrected chi connectivity index (χ0v) is 17.7. The molecule has 2 aromatic carbocycles. The predicted molar refractivity (Wildman–Crippen MR) is 110 cm³/mol. The van der Waals surface area contributed by atoms with Crippen LogP contribution >= 0.6 is 11.6 Å². The molecule has 3 rings (SSSR count). The van der Waals surface area contributed by atoms with Crippen LogP contribution in [-0.2, 0) is 22.1 Å². The molecule has 1 aliphatic rings. The molecule has 0 saturated carbocycles. The number of alkyl halides is 3. The molecule has 0 aliphatic carbocycles. The summed E-state index contributed by atoms with van der Waals surface area (Å²) in [6.45, 7) is 1.51. The summed E-state index contributed by atoms with van der Waals surface area (Å²) < 4.78 is 59.8. The number of carbonyl (C=O) groups is 1. The van der Waals surface area contributed by atoms with Crippen LogP contribution < -0.4 is 5.32 Å². The Balaban J connectivity index is 2.25. The van der Waals surface area contributed by atoms with E-state index in [2.05, 4.69) is 5.32 Å². The van der Waals surface area contributed by atoms with E-state index in [1.54, 1.807) is 24.3 Å². The normalized spacial score (nSPS) is 16.5. The molecule has 4 nitrogen and oxygen atoms in total. The van der Waals surface area contributed by atoms with E-state index in [0.29, 0.717) is 16.8 Å². The van der Waals surface area contributed by atoms with Gasteiger partial charge in [-0.25, -0.2) is 9.18 Å². The average molecular weight is 465 g/mol. The van der Waals surface area contributed by atoms with Gasteiger partial charge in [-0.1, -0.05) is 29.8 Å². The number of esters is 1. The van der Waals surface area contributed by atoms with Gasteiger partial charge in [0.25, 0.3) is 0 Å². The number of methoxy groups -OCH3 is 1. The molecule has 0 bridgehead atoms. The van der Waals surface area contributed by atoms with Crippen molar-refractivity contribution in [3.05, 3.63) is 92.5 Å². The van der Waals surface area contributed by atoms with Crippen molar-refractivity contribution in [1.29, 1.82) is 5.26 Å². The number of halogens is 5. The summed E-state index contributed by atoms with van der Waals surface area (Å²) in [5.74, 6) is -3.37. The molecule has 1 atom stereocenters. The third-order valence-electron chi connectivity index (χ3n) is 5.10. The van der Waals surface area contributed by atoms with Crippen molar-refractivity contribution in [2.45, 2.75) is 25.4 Å². The first-order valence-corrected chi connectivity index (χ1v) is 9.75. The average Bonchev–Trinajstić information content (AvgIpc) is 2.74. The first-order chi connectivity index (χ1) is 15.1. The highest BCUT2D eigenvalue weighted by molar-refractivity contribution is 6.30. The molecule has 0 aromatic heterocycles. The number of allylic oxidation sites excluding steroid dienone is 3. The molecule has 9 heteroatoms. The monoisotopic (exact) mass is 464 g/mol. The summed E-state index contributed by atoms with van der Waals surface area (Å²) in [4.78, 5) is 12.5. The number of nitrogens with zero attached hydrogens (tertiary/aromatic N) is 1. The minimum Gasteiger partial charge on any atom is -0.466 e. The van der Waals surface area contributed by atoms with Gasteiger partial charge in [-0.3, -0.25) is 0 Å². The molecule has 32 heavy (non-hydrogen) atoms. The maximum absolute atomic E-state index is 13.8. The van der Waals surface area contributed by atoms with Crippen molar-refractivity contribution in [2.24, 2.45) is 0 Å². The third-order valence-corrected chi connectivity index (χ3v) is 5.35. The van der Waals surface area contributed by atoms with Crippen LogP contribution in [0.2, 0.25) is 5.02 Å². The van der Waals surface area contributed by atoms with Gasteiger partial charge in [0.1, 0.15) is 5.82 Å². The number of dihydropyridines is 1. The number of nitriles is 1. The largest absolute Gasteiger partial charge is 0.466 e. The van der Waals surface area contributed by atoms with Gasteiger partial charge in [-0.15, -0.1) is 0 Å². The maximum Gasteiger partial charge on any atom is 0.416 e. The summed E-state index contributed by atoms with van der Waals surface area (Å²) in [5.41, 5.74) is -0.621. The van der Waals surface area contributed by atoms with Crippen molar-refractivity contribution in [2.75, 3.05) is 7.11 Å². The highest BCUT2D eigenvalue weighted by Crippen LogP contribution is 2.44. The van der Waals surface area contributed by atoms with Crippen LogP contribution in [0.15, 0.2) is 65.0 Å². The Bertz CT molecular complexity index is 1160. The van der Waals surface area contributed by atoms with Crippen LogP contribution in [0.1, 0.15) is 29.5 Å². The van der Waals surface area contributed by atoms with Gasteiger partial charge in [0.15, 0.2) is 0 Å². The molecule has 166 valence electrons. The Labute approximate surface area is 186 Å². The van der Waals surface area contributed by atoms with Gasteiger partial charge in [0.2, 0.25) is 0 Å². The van der Waals surface area contributed by atoms with Gasteiger partial charge < -0.3 is 10.1 Å². The Morgan fingerprint density at radius 3 is 2.44 bits per heavy atom. The zero-order chi connectivity index (χ0) is 23.6. The standard InChI is InChI=1S/C23H17ClF4N2O2/c1-12-20(22(31)32-2)21(16-8-7-15(25)10-18(16)23(26,27)28)17(11-29)19(30-12)9-13-3-5-14(24)6-4-13/h3-8,10,21,30H,9H2,1-2H3. The first kappa shape index (κ1) is 23.4. The van der Waals surface area contributed by atoms with Crippen LogP contribution in [0, 0.1) is 17.1 Å². The van der Waals surface area contributed by atoms with E-state index >= 15 is 0 Å². The highest BCUT2D eigenvalue weighted by atomic mass is 35.5. The number of rotatable bonds is 4. The molecular formula is C23H17ClF4N2O2. The molecular weight excluding hydrogens is 448 g/mol. The van der Waals surface area contributed by atoms with E-state index in [1.165, 1.54) is 6.92 Å². The maximum atomic E-state index is 13.8. The second kappa shape index (κ2) is 9.05. The van der Waals surface area contributed by atoms with Crippen LogP contribution in [0.4, 0.5) is 17.6 Å². The molecule has 0 saturated heterocycles. The second-order valence-corrected chi connectivity index (χ2v) is 7.56. The summed E-state index contributed by atoms with van der Waals surface area (Å²) in [7, 11) is 1.09. The van der Waals surface area contributed by atoms with Gasteiger partial charge in [0, 0.05) is 22.8 Å². The van der Waals surface area contributed by atoms with Gasteiger partial charge in [-0.05, 0) is 42.3 Å². The third kappa shape index (κ3) is 4.63. The number of ether oxygens (including phenoxy) is 1. The number of hydrogen-bond donors (Lipinski definition) is 1. The van der Waals surface area contributed by atoms with Gasteiger partial charge in [0.05, 0.1) is 35.8 Å². The van der Waals surface area contributed by atoms with E-state index in [1.807, 2.05) is 6.07 Å². The summed E-state index contributed by atoms with van der Waals surface area (Å²) in [6, 6.07) is 10.8. The van der Waals surface area contributed by atoms with Crippen molar-refractivity contribution in [3.63, 3.8) is 0 Å². The minimum atomic E-state index is -4.91. The summed E-state index contributed by atoms with van der Waals surface area (Å²) >= 11 is 5.90. The molecule has 0 spiro atoms. The molecule has 2 aromatic rings. The van der Waals surface area contributed by atoms with Crippen LogP contribution in [-0.4, -0.2) is 13.1 Å². The Morgan fingerprint density at radius 1 is 1.22 bits per heavy atom. The van der Waals surface area contributed by atoms with Crippen molar-refractivity contribution >= 4 is 17.6 Å². The summed E-state index contributed by atoms with van der Waals surface area (Å²) in [5, 5.41) is 13.4. The number of hydrogen-bond acceptors (Lipinski definition) is 4. The molecule has 1 heterocycles. The van der Waals surface area contributed by atoms with E-state index in [9.17, 15) is 27.6 Å². The lowest BCUT2D eigenvalue weighted by atomic mass is 9.78. The van der Waals surface area contributed by atoms with Crippen LogP contribution in [0.25, 0.3) is 0 Å². The highest BCUT2D eigenvalue weighted by Gasteiger charge is 2.41.